The second kappa shape index (κ2) is 4.65. The number of rotatable bonds is 3. The molecule has 2 heteroatoms. The van der Waals surface area contributed by atoms with Crippen LogP contribution in [0.3, 0.4) is 0 Å². The summed E-state index contributed by atoms with van der Waals surface area (Å²) in [6, 6.07) is 0. The second-order valence-corrected chi connectivity index (χ2v) is 4.82. The quantitative estimate of drug-likeness (QED) is 0.564. The van der Waals surface area contributed by atoms with Gasteiger partial charge in [0.15, 0.2) is 0 Å². The van der Waals surface area contributed by atoms with Crippen molar-refractivity contribution < 1.29 is 4.74 Å². The van der Waals surface area contributed by atoms with Crippen LogP contribution in [0, 0.1) is 5.92 Å². The maximum Gasteiger partial charge on any atom is 0.0696 e. The van der Waals surface area contributed by atoms with Crippen molar-refractivity contribution in [3.63, 3.8) is 0 Å². The number of hydrogen-bond donors (Lipinski definition) is 0. The van der Waals surface area contributed by atoms with Gasteiger partial charge in [0.2, 0.25) is 0 Å². The van der Waals surface area contributed by atoms with E-state index in [1.54, 1.807) is 0 Å². The van der Waals surface area contributed by atoms with Crippen LogP contribution in [-0.2, 0) is 4.74 Å². The van der Waals surface area contributed by atoms with Crippen LogP contribution in [0.25, 0.3) is 0 Å². The zero-order chi connectivity index (χ0) is 8.27. The van der Waals surface area contributed by atoms with E-state index in [2.05, 4.69) is 36.4 Å². The zero-order valence-corrected chi connectivity index (χ0v) is 9.50. The maximum atomic E-state index is 5.63. The molecule has 3 atom stereocenters. The van der Waals surface area contributed by atoms with Gasteiger partial charge in [0.05, 0.1) is 6.10 Å². The first-order chi connectivity index (χ1) is 5.25. The van der Waals surface area contributed by atoms with Gasteiger partial charge in [-0.05, 0) is 18.8 Å². The molecule has 1 aliphatic rings. The third-order valence-electron chi connectivity index (χ3n) is 2.51. The lowest BCUT2D eigenvalue weighted by Crippen LogP contribution is -2.25. The molecule has 0 aromatic heterocycles. The molecule has 1 aliphatic heterocycles. The molecule has 0 bridgehead atoms. The molecular weight excluding hydrogens is 251 g/mol. The highest BCUT2D eigenvalue weighted by Crippen LogP contribution is 2.28. The topological polar surface area (TPSA) is 9.23 Å². The van der Waals surface area contributed by atoms with Gasteiger partial charge >= 0.3 is 0 Å². The Hall–Kier alpha value is 0.690. The molecule has 1 rings (SSSR count). The van der Waals surface area contributed by atoms with Crippen LogP contribution in [0.4, 0.5) is 0 Å². The van der Waals surface area contributed by atoms with E-state index in [-0.39, 0.29) is 0 Å². The minimum absolute atomic E-state index is 0.547. The molecule has 1 unspecified atom stereocenters. The summed E-state index contributed by atoms with van der Waals surface area (Å²) in [5.74, 6) is 0.804. The highest BCUT2D eigenvalue weighted by Gasteiger charge is 2.26. The lowest BCUT2D eigenvalue weighted by Gasteiger charge is -2.22. The highest BCUT2D eigenvalue weighted by molar-refractivity contribution is 14.1. The van der Waals surface area contributed by atoms with E-state index in [9.17, 15) is 0 Å². The van der Waals surface area contributed by atoms with E-state index in [0.29, 0.717) is 6.10 Å². The Morgan fingerprint density at radius 3 is 2.82 bits per heavy atom. The molecular formula is C9H17IO. The van der Waals surface area contributed by atoms with E-state index in [1.807, 2.05) is 0 Å². The Kier molecular flexibility index (Phi) is 4.13. The minimum atomic E-state index is 0.547. The molecule has 0 aromatic carbocycles. The normalized spacial score (nSPS) is 30.3. The molecule has 66 valence electrons. The molecule has 0 saturated carbocycles. The fourth-order valence-corrected chi connectivity index (χ4v) is 2.52. The van der Waals surface area contributed by atoms with Gasteiger partial charge in [-0.15, -0.1) is 0 Å². The second-order valence-electron chi connectivity index (χ2n) is 3.38. The van der Waals surface area contributed by atoms with Crippen molar-refractivity contribution in [3.8, 4) is 0 Å². The van der Waals surface area contributed by atoms with Gasteiger partial charge in [-0.1, -0.05) is 42.9 Å². The summed E-state index contributed by atoms with van der Waals surface area (Å²) in [6.45, 7) is 5.56. The van der Waals surface area contributed by atoms with Crippen LogP contribution in [0.2, 0.25) is 0 Å². The van der Waals surface area contributed by atoms with Crippen LogP contribution >= 0.6 is 22.6 Å². The van der Waals surface area contributed by atoms with Crippen molar-refractivity contribution in [2.75, 3.05) is 6.61 Å². The van der Waals surface area contributed by atoms with Gasteiger partial charge in [0, 0.05) is 10.5 Å². The van der Waals surface area contributed by atoms with Crippen LogP contribution in [-0.4, -0.2) is 16.6 Å². The smallest absolute Gasteiger partial charge is 0.0696 e. The van der Waals surface area contributed by atoms with E-state index < -0.39 is 0 Å². The zero-order valence-electron chi connectivity index (χ0n) is 7.35. The van der Waals surface area contributed by atoms with Crippen LogP contribution in [0.5, 0.6) is 0 Å². The molecule has 0 aliphatic carbocycles. The van der Waals surface area contributed by atoms with Gasteiger partial charge in [0.25, 0.3) is 0 Å². The van der Waals surface area contributed by atoms with E-state index >= 15 is 0 Å². The Balaban J connectivity index is 2.32. The maximum absolute atomic E-state index is 5.63. The first kappa shape index (κ1) is 9.78. The Labute approximate surface area is 83.0 Å². The molecule has 1 nitrogen and oxygen atoms in total. The first-order valence-electron chi connectivity index (χ1n) is 4.51. The van der Waals surface area contributed by atoms with E-state index in [1.165, 1.54) is 19.3 Å². The van der Waals surface area contributed by atoms with Crippen LogP contribution < -0.4 is 0 Å². The van der Waals surface area contributed by atoms with E-state index in [0.717, 1.165) is 16.4 Å². The molecule has 0 spiro atoms. The average molecular weight is 268 g/mol. The molecule has 1 heterocycles. The SMILES string of the molecule is CCC(C)[C@@H](I)[C@H]1CCCO1. The van der Waals surface area contributed by atoms with Crippen molar-refractivity contribution in [3.05, 3.63) is 0 Å². The molecule has 1 saturated heterocycles. The standard InChI is InChI=1S/C9H17IO/c1-3-7(2)9(10)8-5-4-6-11-8/h7-9H,3-6H2,1-2H3/t7?,8-,9-/m1/s1. The van der Waals surface area contributed by atoms with Gasteiger partial charge in [-0.2, -0.15) is 0 Å². The molecule has 0 aromatic rings. The highest BCUT2D eigenvalue weighted by atomic mass is 127. The molecule has 0 N–H and O–H groups in total. The first-order valence-corrected chi connectivity index (χ1v) is 5.76. The molecule has 0 amide bonds. The lowest BCUT2D eigenvalue weighted by atomic mass is 9.99. The Morgan fingerprint density at radius 1 is 1.64 bits per heavy atom. The predicted molar refractivity (Wildman–Crippen MR) is 56.2 cm³/mol. The fourth-order valence-electron chi connectivity index (χ4n) is 1.45. The van der Waals surface area contributed by atoms with Gasteiger partial charge < -0.3 is 4.74 Å². The third-order valence-corrected chi connectivity index (χ3v) is 4.54. The summed E-state index contributed by atoms with van der Waals surface area (Å²) in [5, 5.41) is 0. The van der Waals surface area contributed by atoms with Crippen molar-refractivity contribution in [1.29, 1.82) is 0 Å². The van der Waals surface area contributed by atoms with Gasteiger partial charge in [-0.3, -0.25) is 0 Å². The van der Waals surface area contributed by atoms with Crippen molar-refractivity contribution in [1.82, 2.24) is 0 Å². The summed E-state index contributed by atoms with van der Waals surface area (Å²) in [6.07, 6.45) is 4.36. The van der Waals surface area contributed by atoms with Crippen LogP contribution in [0.15, 0.2) is 0 Å². The fraction of sp³-hybridized carbons (Fsp3) is 1.00. The molecule has 11 heavy (non-hydrogen) atoms. The molecule has 0 radical (unpaired) electrons. The monoisotopic (exact) mass is 268 g/mol. The number of alkyl halides is 1. The minimum Gasteiger partial charge on any atom is -0.377 e. The third kappa shape index (κ3) is 2.58. The van der Waals surface area contributed by atoms with Crippen molar-refractivity contribution in [2.24, 2.45) is 5.92 Å². The summed E-state index contributed by atoms with van der Waals surface area (Å²) in [5.41, 5.74) is 0. The van der Waals surface area contributed by atoms with Gasteiger partial charge in [0.1, 0.15) is 0 Å². The molecule has 1 fully saturated rings. The summed E-state index contributed by atoms with van der Waals surface area (Å²) in [4.78, 5) is 0. The number of ether oxygens (including phenoxy) is 1. The average Bonchev–Trinajstić information content (AvgIpc) is 2.53. The lowest BCUT2D eigenvalue weighted by molar-refractivity contribution is 0.101. The Bertz CT molecular complexity index is 110. The summed E-state index contributed by atoms with van der Waals surface area (Å²) < 4.78 is 6.35. The summed E-state index contributed by atoms with van der Waals surface area (Å²) >= 11 is 2.54. The largest absolute Gasteiger partial charge is 0.377 e. The predicted octanol–water partition coefficient (Wildman–Crippen LogP) is 3.02. The van der Waals surface area contributed by atoms with E-state index in [4.69, 9.17) is 4.74 Å². The van der Waals surface area contributed by atoms with Crippen molar-refractivity contribution >= 4 is 22.6 Å². The van der Waals surface area contributed by atoms with Gasteiger partial charge in [-0.25, -0.2) is 0 Å². The van der Waals surface area contributed by atoms with Crippen LogP contribution in [0.1, 0.15) is 33.1 Å². The Morgan fingerprint density at radius 2 is 2.36 bits per heavy atom. The summed E-state index contributed by atoms with van der Waals surface area (Å²) in [7, 11) is 0. The number of halogens is 1. The van der Waals surface area contributed by atoms with Crippen molar-refractivity contribution in [2.45, 2.75) is 43.1 Å². The number of hydrogen-bond acceptors (Lipinski definition) is 1.